The second-order valence-electron chi connectivity index (χ2n) is 8.28. The second kappa shape index (κ2) is 7.46. The Morgan fingerprint density at radius 2 is 1.52 bits per heavy atom. The molecule has 21 heavy (non-hydrogen) atoms. The SMILES string of the molecule is CC(C)C1CCC(N2CCN(CCC3CCC3)CC2)CC1. The summed E-state index contributed by atoms with van der Waals surface area (Å²) < 4.78 is 0. The van der Waals surface area contributed by atoms with Gasteiger partial charge in [-0.3, -0.25) is 4.90 Å². The third kappa shape index (κ3) is 4.22. The van der Waals surface area contributed by atoms with Gasteiger partial charge in [0.2, 0.25) is 0 Å². The molecule has 1 aliphatic heterocycles. The quantitative estimate of drug-likeness (QED) is 0.755. The predicted molar refractivity (Wildman–Crippen MR) is 90.6 cm³/mol. The minimum absolute atomic E-state index is 0.898. The van der Waals surface area contributed by atoms with Crippen molar-refractivity contribution < 1.29 is 0 Å². The summed E-state index contributed by atoms with van der Waals surface area (Å²) in [6.07, 6.45) is 11.9. The maximum Gasteiger partial charge on any atom is 0.0113 e. The molecular weight excluding hydrogens is 256 g/mol. The van der Waals surface area contributed by atoms with E-state index < -0.39 is 0 Å². The molecule has 2 nitrogen and oxygen atoms in total. The summed E-state index contributed by atoms with van der Waals surface area (Å²) >= 11 is 0. The van der Waals surface area contributed by atoms with Crippen LogP contribution in [0.4, 0.5) is 0 Å². The van der Waals surface area contributed by atoms with Gasteiger partial charge in [0.1, 0.15) is 0 Å². The van der Waals surface area contributed by atoms with Gasteiger partial charge in [0, 0.05) is 32.2 Å². The van der Waals surface area contributed by atoms with Crippen molar-refractivity contribution in [1.29, 1.82) is 0 Å². The Morgan fingerprint density at radius 3 is 2.05 bits per heavy atom. The molecular formula is C19H36N2. The van der Waals surface area contributed by atoms with Crippen LogP contribution in [0, 0.1) is 17.8 Å². The third-order valence-electron chi connectivity index (χ3n) is 6.69. The van der Waals surface area contributed by atoms with E-state index in [0.29, 0.717) is 0 Å². The normalized spacial score (nSPS) is 33.3. The molecule has 1 saturated heterocycles. The largest absolute Gasteiger partial charge is 0.301 e. The van der Waals surface area contributed by atoms with Crippen LogP contribution in [0.1, 0.15) is 65.2 Å². The molecule has 2 aliphatic carbocycles. The van der Waals surface area contributed by atoms with E-state index in [2.05, 4.69) is 23.6 Å². The molecule has 122 valence electrons. The molecule has 2 saturated carbocycles. The van der Waals surface area contributed by atoms with Crippen LogP contribution in [0.5, 0.6) is 0 Å². The lowest BCUT2D eigenvalue weighted by Crippen LogP contribution is -2.51. The van der Waals surface area contributed by atoms with Crippen LogP contribution in [0.15, 0.2) is 0 Å². The maximum atomic E-state index is 2.82. The molecule has 0 aromatic heterocycles. The lowest BCUT2D eigenvalue weighted by atomic mass is 9.79. The zero-order chi connectivity index (χ0) is 14.7. The first kappa shape index (κ1) is 15.8. The maximum absolute atomic E-state index is 2.82. The van der Waals surface area contributed by atoms with Gasteiger partial charge in [0.15, 0.2) is 0 Å². The monoisotopic (exact) mass is 292 g/mol. The van der Waals surface area contributed by atoms with E-state index in [-0.39, 0.29) is 0 Å². The Balaban J connectivity index is 1.33. The van der Waals surface area contributed by atoms with E-state index in [1.165, 1.54) is 84.1 Å². The molecule has 0 bridgehead atoms. The number of piperazine rings is 1. The summed E-state index contributed by atoms with van der Waals surface area (Å²) in [5, 5.41) is 0. The molecule has 0 unspecified atom stereocenters. The molecule has 0 aromatic rings. The molecule has 3 aliphatic rings. The fourth-order valence-electron chi connectivity index (χ4n) is 4.63. The van der Waals surface area contributed by atoms with Gasteiger partial charge in [0.25, 0.3) is 0 Å². The third-order valence-corrected chi connectivity index (χ3v) is 6.69. The zero-order valence-electron chi connectivity index (χ0n) is 14.4. The summed E-state index contributed by atoms with van der Waals surface area (Å²) in [5.41, 5.74) is 0. The van der Waals surface area contributed by atoms with Crippen LogP contribution in [-0.2, 0) is 0 Å². The van der Waals surface area contributed by atoms with Crippen molar-refractivity contribution in [3.63, 3.8) is 0 Å². The van der Waals surface area contributed by atoms with Gasteiger partial charge in [-0.25, -0.2) is 0 Å². The average molecular weight is 293 g/mol. The van der Waals surface area contributed by atoms with Crippen molar-refractivity contribution in [3.05, 3.63) is 0 Å². The van der Waals surface area contributed by atoms with Gasteiger partial charge < -0.3 is 4.90 Å². The topological polar surface area (TPSA) is 6.48 Å². The summed E-state index contributed by atoms with van der Waals surface area (Å²) in [5.74, 6) is 2.98. The lowest BCUT2D eigenvalue weighted by molar-refractivity contribution is 0.0613. The van der Waals surface area contributed by atoms with Crippen molar-refractivity contribution in [2.45, 2.75) is 71.3 Å². The van der Waals surface area contributed by atoms with E-state index in [9.17, 15) is 0 Å². The van der Waals surface area contributed by atoms with Crippen LogP contribution in [0.25, 0.3) is 0 Å². The first-order chi connectivity index (χ1) is 10.2. The molecule has 0 spiro atoms. The van der Waals surface area contributed by atoms with Gasteiger partial charge in [-0.15, -0.1) is 0 Å². The van der Waals surface area contributed by atoms with Crippen LogP contribution in [0.3, 0.4) is 0 Å². The molecule has 0 radical (unpaired) electrons. The van der Waals surface area contributed by atoms with Gasteiger partial charge in [-0.2, -0.15) is 0 Å². The molecule has 2 heteroatoms. The fourth-order valence-corrected chi connectivity index (χ4v) is 4.63. The van der Waals surface area contributed by atoms with Crippen LogP contribution < -0.4 is 0 Å². The van der Waals surface area contributed by atoms with E-state index in [4.69, 9.17) is 0 Å². The molecule has 0 atom stereocenters. The molecule has 0 amide bonds. The van der Waals surface area contributed by atoms with E-state index in [1.54, 1.807) is 0 Å². The first-order valence-corrected chi connectivity index (χ1v) is 9.69. The molecule has 3 rings (SSSR count). The highest BCUT2D eigenvalue weighted by atomic mass is 15.3. The van der Waals surface area contributed by atoms with Crippen molar-refractivity contribution in [2.24, 2.45) is 17.8 Å². The van der Waals surface area contributed by atoms with Gasteiger partial charge in [-0.05, 0) is 56.4 Å². The highest BCUT2D eigenvalue weighted by Crippen LogP contribution is 2.33. The van der Waals surface area contributed by atoms with Crippen LogP contribution in [0.2, 0.25) is 0 Å². The Labute approximate surface area is 132 Å². The van der Waals surface area contributed by atoms with E-state index in [1.807, 2.05) is 0 Å². The van der Waals surface area contributed by atoms with E-state index >= 15 is 0 Å². The zero-order valence-corrected chi connectivity index (χ0v) is 14.4. The summed E-state index contributed by atoms with van der Waals surface area (Å²) in [7, 11) is 0. The summed E-state index contributed by atoms with van der Waals surface area (Å²) in [6, 6.07) is 0.911. The highest BCUT2D eigenvalue weighted by Gasteiger charge is 2.29. The average Bonchev–Trinajstić information content (AvgIpc) is 2.46. The molecule has 1 heterocycles. The van der Waals surface area contributed by atoms with Gasteiger partial charge in [0.05, 0.1) is 0 Å². The van der Waals surface area contributed by atoms with Crippen molar-refractivity contribution >= 4 is 0 Å². The van der Waals surface area contributed by atoms with Gasteiger partial charge in [-0.1, -0.05) is 33.1 Å². The molecule has 0 aromatic carbocycles. The Morgan fingerprint density at radius 1 is 0.857 bits per heavy atom. The number of rotatable bonds is 5. The van der Waals surface area contributed by atoms with Crippen LogP contribution >= 0.6 is 0 Å². The number of nitrogens with zero attached hydrogens (tertiary/aromatic N) is 2. The Kier molecular flexibility index (Phi) is 5.61. The molecule has 3 fully saturated rings. The number of hydrogen-bond donors (Lipinski definition) is 0. The minimum Gasteiger partial charge on any atom is -0.301 e. The fraction of sp³-hybridized carbons (Fsp3) is 1.00. The van der Waals surface area contributed by atoms with Crippen molar-refractivity contribution in [2.75, 3.05) is 32.7 Å². The standard InChI is InChI=1S/C19H36N2/c1-16(2)18-6-8-19(9-7-18)21-14-12-20(13-15-21)11-10-17-4-3-5-17/h16-19H,3-15H2,1-2H3. The van der Waals surface area contributed by atoms with Crippen molar-refractivity contribution in [3.8, 4) is 0 Å². The first-order valence-electron chi connectivity index (χ1n) is 9.69. The molecule has 0 N–H and O–H groups in total. The number of hydrogen-bond acceptors (Lipinski definition) is 2. The predicted octanol–water partition coefficient (Wildman–Crippen LogP) is 4.01. The van der Waals surface area contributed by atoms with Gasteiger partial charge >= 0.3 is 0 Å². The van der Waals surface area contributed by atoms with E-state index in [0.717, 1.165) is 23.8 Å². The Bertz CT molecular complexity index is 295. The summed E-state index contributed by atoms with van der Waals surface area (Å²) in [4.78, 5) is 5.55. The van der Waals surface area contributed by atoms with Crippen molar-refractivity contribution in [1.82, 2.24) is 9.80 Å². The lowest BCUT2D eigenvalue weighted by Gasteiger charge is -2.43. The highest BCUT2D eigenvalue weighted by molar-refractivity contribution is 4.84. The summed E-state index contributed by atoms with van der Waals surface area (Å²) in [6.45, 7) is 11.5. The Hall–Kier alpha value is -0.0800. The minimum atomic E-state index is 0.898. The smallest absolute Gasteiger partial charge is 0.0113 e. The van der Waals surface area contributed by atoms with Crippen LogP contribution in [-0.4, -0.2) is 48.6 Å². The second-order valence-corrected chi connectivity index (χ2v) is 8.28.